The molecule has 0 fully saturated rings. The van der Waals surface area contributed by atoms with Gasteiger partial charge >= 0.3 is 0 Å². The highest BCUT2D eigenvalue weighted by Gasteiger charge is 2.26. The summed E-state index contributed by atoms with van der Waals surface area (Å²) in [5.74, 6) is 0.565. The monoisotopic (exact) mass is 365 g/mol. The zero-order valence-corrected chi connectivity index (χ0v) is 15.6. The second-order valence-electron chi connectivity index (χ2n) is 5.44. The van der Waals surface area contributed by atoms with Gasteiger partial charge in [-0.3, -0.25) is 4.79 Å². The van der Waals surface area contributed by atoms with Crippen molar-refractivity contribution in [3.8, 4) is 0 Å². The Morgan fingerprint density at radius 2 is 2.13 bits per heavy atom. The maximum absolute atomic E-state index is 12.6. The third kappa shape index (κ3) is 3.89. The van der Waals surface area contributed by atoms with Crippen molar-refractivity contribution >= 4 is 40.8 Å². The fraction of sp³-hybridized carbons (Fsp3) is 0.438. The molecule has 0 unspecified atom stereocenters. The van der Waals surface area contributed by atoms with Crippen molar-refractivity contribution in [1.82, 2.24) is 15.1 Å². The van der Waals surface area contributed by atoms with Crippen LogP contribution in [-0.4, -0.2) is 40.1 Å². The molecule has 1 aliphatic rings. The van der Waals surface area contributed by atoms with Crippen LogP contribution >= 0.6 is 34.9 Å². The van der Waals surface area contributed by atoms with Crippen LogP contribution in [0.1, 0.15) is 30.0 Å². The van der Waals surface area contributed by atoms with E-state index < -0.39 is 0 Å². The van der Waals surface area contributed by atoms with Gasteiger partial charge in [0.05, 0.1) is 11.8 Å². The molecule has 0 radical (unpaired) electrons. The van der Waals surface area contributed by atoms with E-state index in [1.165, 1.54) is 22.9 Å². The Balaban J connectivity index is 1.64. The highest BCUT2D eigenvalue weighted by atomic mass is 32.2. The van der Waals surface area contributed by atoms with Gasteiger partial charge in [0.25, 0.3) is 0 Å². The molecule has 0 spiro atoms. The standard InChI is InChI=1S/C16H19N3OS3/c1-19(13-9-5-7-11-6-3-4-8-12(11)13)14(20)10-22-16-18-17-15(21-2)23-16/h3-4,6,8,13H,5,7,9-10H2,1-2H3/t13-/m0/s1. The second kappa shape index (κ2) is 7.68. The number of hydrogen-bond acceptors (Lipinski definition) is 6. The first kappa shape index (κ1) is 16.8. The first-order chi connectivity index (χ1) is 11.2. The lowest BCUT2D eigenvalue weighted by molar-refractivity contribution is -0.129. The Hall–Kier alpha value is -1.05. The van der Waals surface area contributed by atoms with E-state index in [1.807, 2.05) is 18.2 Å². The summed E-state index contributed by atoms with van der Waals surface area (Å²) in [5.41, 5.74) is 2.69. The molecule has 4 nitrogen and oxygen atoms in total. The summed E-state index contributed by atoms with van der Waals surface area (Å²) in [6.07, 6.45) is 5.28. The van der Waals surface area contributed by atoms with Gasteiger partial charge in [-0.1, -0.05) is 59.1 Å². The number of nitrogens with zero attached hydrogens (tertiary/aromatic N) is 3. The summed E-state index contributed by atoms with van der Waals surface area (Å²) in [6, 6.07) is 8.68. The Bertz CT molecular complexity index is 689. The van der Waals surface area contributed by atoms with Gasteiger partial charge in [-0.25, -0.2) is 0 Å². The molecule has 1 aromatic heterocycles. The second-order valence-corrected chi connectivity index (χ2v) is 8.69. The molecule has 0 saturated heterocycles. The normalized spacial score (nSPS) is 16.9. The van der Waals surface area contributed by atoms with E-state index in [-0.39, 0.29) is 11.9 Å². The number of hydrogen-bond donors (Lipinski definition) is 0. The highest BCUT2D eigenvalue weighted by molar-refractivity contribution is 8.03. The Morgan fingerprint density at radius 1 is 1.35 bits per heavy atom. The molecule has 3 rings (SSSR count). The van der Waals surface area contributed by atoms with Crippen LogP contribution in [0.25, 0.3) is 0 Å². The first-order valence-corrected chi connectivity index (χ1v) is 10.6. The van der Waals surface area contributed by atoms with Crippen molar-refractivity contribution in [2.45, 2.75) is 34.0 Å². The minimum atomic E-state index is 0.151. The SMILES string of the molecule is CSc1nnc(SCC(=O)N(C)[C@H]2CCCc3ccccc32)s1. The maximum atomic E-state index is 12.6. The van der Waals surface area contributed by atoms with Crippen molar-refractivity contribution in [3.63, 3.8) is 0 Å². The summed E-state index contributed by atoms with van der Waals surface area (Å²) in [7, 11) is 1.92. The average Bonchev–Trinajstić information content (AvgIpc) is 3.06. The number of aryl methyl sites for hydroxylation is 1. The van der Waals surface area contributed by atoms with E-state index in [4.69, 9.17) is 0 Å². The molecule has 122 valence electrons. The predicted octanol–water partition coefficient (Wildman–Crippen LogP) is 3.89. The van der Waals surface area contributed by atoms with Crippen LogP contribution in [0.2, 0.25) is 0 Å². The summed E-state index contributed by atoms with van der Waals surface area (Å²) in [6.45, 7) is 0. The quantitative estimate of drug-likeness (QED) is 0.752. The summed E-state index contributed by atoms with van der Waals surface area (Å²) in [5, 5.41) is 8.17. The third-order valence-electron chi connectivity index (χ3n) is 4.08. The molecule has 1 heterocycles. The molecule has 1 amide bonds. The molecule has 2 aromatic rings. The molecular weight excluding hydrogens is 346 g/mol. The lowest BCUT2D eigenvalue weighted by Gasteiger charge is -2.33. The molecule has 0 bridgehead atoms. The lowest BCUT2D eigenvalue weighted by atomic mass is 9.87. The molecule has 1 atom stereocenters. The van der Waals surface area contributed by atoms with Crippen molar-refractivity contribution < 1.29 is 4.79 Å². The molecule has 0 aliphatic heterocycles. The minimum Gasteiger partial charge on any atom is -0.338 e. The first-order valence-electron chi connectivity index (χ1n) is 7.53. The number of fused-ring (bicyclic) bond motifs is 1. The number of carbonyl (C=O) groups is 1. The van der Waals surface area contributed by atoms with Gasteiger partial charge in [0.15, 0.2) is 8.68 Å². The van der Waals surface area contributed by atoms with Crippen LogP contribution in [0.15, 0.2) is 32.9 Å². The largest absolute Gasteiger partial charge is 0.338 e. The summed E-state index contributed by atoms with van der Waals surface area (Å²) >= 11 is 4.60. The van der Waals surface area contributed by atoms with Crippen LogP contribution in [-0.2, 0) is 11.2 Å². The minimum absolute atomic E-state index is 0.151. The van der Waals surface area contributed by atoms with Gasteiger partial charge < -0.3 is 4.90 Å². The Labute approximate surface area is 149 Å². The van der Waals surface area contributed by atoms with Crippen LogP contribution in [0.5, 0.6) is 0 Å². The fourth-order valence-electron chi connectivity index (χ4n) is 2.87. The lowest BCUT2D eigenvalue weighted by Crippen LogP contribution is -2.34. The number of aromatic nitrogens is 2. The van der Waals surface area contributed by atoms with Crippen molar-refractivity contribution in [3.05, 3.63) is 35.4 Å². The van der Waals surface area contributed by atoms with E-state index in [0.29, 0.717) is 5.75 Å². The highest BCUT2D eigenvalue weighted by Crippen LogP contribution is 2.34. The molecule has 0 N–H and O–H groups in total. The molecule has 23 heavy (non-hydrogen) atoms. The number of benzene rings is 1. The van der Waals surface area contributed by atoms with Crippen molar-refractivity contribution in [1.29, 1.82) is 0 Å². The zero-order valence-electron chi connectivity index (χ0n) is 13.2. The van der Waals surface area contributed by atoms with Gasteiger partial charge in [0.2, 0.25) is 5.91 Å². The van der Waals surface area contributed by atoms with Crippen LogP contribution in [0, 0.1) is 0 Å². The Morgan fingerprint density at radius 3 is 2.91 bits per heavy atom. The van der Waals surface area contributed by atoms with Gasteiger partial charge in [-0.05, 0) is 36.6 Å². The van der Waals surface area contributed by atoms with Gasteiger partial charge in [-0.15, -0.1) is 10.2 Å². The van der Waals surface area contributed by atoms with Gasteiger partial charge in [0.1, 0.15) is 0 Å². The molecule has 7 heteroatoms. The predicted molar refractivity (Wildman–Crippen MR) is 97.3 cm³/mol. The van der Waals surface area contributed by atoms with E-state index in [2.05, 4.69) is 34.5 Å². The third-order valence-corrected chi connectivity index (χ3v) is 7.10. The fourth-order valence-corrected chi connectivity index (χ4v) is 5.23. The number of carbonyl (C=O) groups excluding carboxylic acids is 1. The number of amides is 1. The topological polar surface area (TPSA) is 46.1 Å². The maximum Gasteiger partial charge on any atom is 0.233 e. The van der Waals surface area contributed by atoms with Gasteiger partial charge in [0, 0.05) is 7.05 Å². The van der Waals surface area contributed by atoms with Crippen molar-refractivity contribution in [2.75, 3.05) is 19.1 Å². The van der Waals surface area contributed by atoms with Crippen LogP contribution in [0.4, 0.5) is 0 Å². The van der Waals surface area contributed by atoms with Crippen LogP contribution < -0.4 is 0 Å². The van der Waals surface area contributed by atoms with Crippen LogP contribution in [0.3, 0.4) is 0 Å². The summed E-state index contributed by atoms with van der Waals surface area (Å²) in [4.78, 5) is 14.5. The van der Waals surface area contributed by atoms with E-state index >= 15 is 0 Å². The number of rotatable bonds is 5. The molecule has 0 saturated carbocycles. The molecule has 1 aliphatic carbocycles. The van der Waals surface area contributed by atoms with E-state index in [1.54, 1.807) is 23.1 Å². The smallest absolute Gasteiger partial charge is 0.233 e. The van der Waals surface area contributed by atoms with E-state index in [0.717, 1.165) is 27.9 Å². The number of thioether (sulfide) groups is 2. The molecule has 1 aromatic carbocycles. The molecular formula is C16H19N3OS3. The van der Waals surface area contributed by atoms with E-state index in [9.17, 15) is 4.79 Å². The average molecular weight is 366 g/mol. The summed E-state index contributed by atoms with van der Waals surface area (Å²) < 4.78 is 1.80. The Kier molecular flexibility index (Phi) is 5.61. The zero-order chi connectivity index (χ0) is 16.2. The van der Waals surface area contributed by atoms with Crippen molar-refractivity contribution in [2.24, 2.45) is 0 Å². The van der Waals surface area contributed by atoms with Gasteiger partial charge in [-0.2, -0.15) is 0 Å².